The Labute approximate surface area is 247 Å². The van der Waals surface area contributed by atoms with Crippen molar-refractivity contribution in [2.24, 2.45) is 29.6 Å². The highest BCUT2D eigenvalue weighted by molar-refractivity contribution is 6.08. The predicted octanol–water partition coefficient (Wildman–Crippen LogP) is 1.77. The summed E-state index contributed by atoms with van der Waals surface area (Å²) in [5.74, 6) is -8.17. The molecule has 4 amide bonds. The Morgan fingerprint density at radius 2 is 1.30 bits per heavy atom. The van der Waals surface area contributed by atoms with Crippen molar-refractivity contribution in [3.63, 3.8) is 0 Å². The zero-order valence-electron chi connectivity index (χ0n) is 23.9. The Balaban J connectivity index is 1.56. The van der Waals surface area contributed by atoms with Crippen LogP contribution in [0, 0.1) is 29.6 Å². The van der Waals surface area contributed by atoms with Crippen molar-refractivity contribution in [1.29, 1.82) is 0 Å². The first-order chi connectivity index (χ1) is 20.5. The number of carboxylic acids is 2. The maximum atomic E-state index is 13.9. The van der Waals surface area contributed by atoms with Gasteiger partial charge in [0.25, 0.3) is 0 Å². The number of fused-ring (bicyclic) bond motifs is 4. The molecule has 2 saturated heterocycles. The van der Waals surface area contributed by atoms with Gasteiger partial charge in [-0.2, -0.15) is 0 Å². The maximum Gasteiger partial charge on any atom is 0.303 e. The maximum absolute atomic E-state index is 13.9. The minimum Gasteiger partial charge on any atom is -0.502 e. The van der Waals surface area contributed by atoms with E-state index in [2.05, 4.69) is 0 Å². The number of aromatic hydroxyl groups is 1. The van der Waals surface area contributed by atoms with Gasteiger partial charge >= 0.3 is 11.9 Å². The number of methoxy groups -OCH3 is 2. The standard InChI is InChI=1S/C30H34N2O11/c1-42-19-11-14(12-20(43-2)26(19)37)23-15-7-8-16-24(29(40)31(27(16)38)9-3-5-21(33)34)17(15)13-18-25(23)30(41)32(28(18)39)10-4-6-22(35)36/h7,11-12,16-18,23-25,37H,3-6,8-10,13H2,1-2H3,(H,33,34)(H,35,36). The second-order valence-electron chi connectivity index (χ2n) is 11.4. The summed E-state index contributed by atoms with van der Waals surface area (Å²) in [5, 5.41) is 28.7. The van der Waals surface area contributed by atoms with Gasteiger partial charge in [0, 0.05) is 31.8 Å². The van der Waals surface area contributed by atoms with Crippen molar-refractivity contribution in [1.82, 2.24) is 9.80 Å². The fourth-order valence-electron chi connectivity index (χ4n) is 7.40. The lowest BCUT2D eigenvalue weighted by atomic mass is 9.57. The van der Waals surface area contributed by atoms with Crippen molar-refractivity contribution in [3.8, 4) is 17.2 Å². The first-order valence-electron chi connectivity index (χ1n) is 14.3. The van der Waals surface area contributed by atoms with E-state index in [1.54, 1.807) is 12.1 Å². The number of imide groups is 2. The molecule has 0 bridgehead atoms. The molecular weight excluding hydrogens is 564 g/mol. The summed E-state index contributed by atoms with van der Waals surface area (Å²) >= 11 is 0. The molecule has 6 unspecified atom stereocenters. The highest BCUT2D eigenvalue weighted by atomic mass is 16.5. The Bertz CT molecular complexity index is 1390. The average Bonchev–Trinajstić information content (AvgIpc) is 3.36. The fraction of sp³-hybridized carbons (Fsp3) is 0.533. The lowest BCUT2D eigenvalue weighted by Gasteiger charge is -2.44. The lowest BCUT2D eigenvalue weighted by molar-refractivity contribution is -0.143. The lowest BCUT2D eigenvalue weighted by Crippen LogP contribution is -2.43. The number of carbonyl (C=O) groups excluding carboxylic acids is 4. The quantitative estimate of drug-likeness (QED) is 0.249. The van der Waals surface area contributed by atoms with Gasteiger partial charge in [-0.1, -0.05) is 11.6 Å². The minimum atomic E-state index is -1.04. The number of ether oxygens (including phenoxy) is 2. The van der Waals surface area contributed by atoms with E-state index in [0.717, 1.165) is 15.4 Å². The largest absolute Gasteiger partial charge is 0.502 e. The van der Waals surface area contributed by atoms with E-state index in [4.69, 9.17) is 19.7 Å². The molecule has 2 aliphatic carbocycles. The Morgan fingerprint density at radius 3 is 1.81 bits per heavy atom. The third-order valence-corrected chi connectivity index (χ3v) is 9.24. The number of phenols is 1. The van der Waals surface area contributed by atoms with Gasteiger partial charge in [0.1, 0.15) is 0 Å². The monoisotopic (exact) mass is 598 g/mol. The van der Waals surface area contributed by atoms with Crippen molar-refractivity contribution < 1.29 is 53.6 Å². The van der Waals surface area contributed by atoms with Crippen LogP contribution in [0.1, 0.15) is 50.0 Å². The van der Waals surface area contributed by atoms with Crippen LogP contribution in [-0.4, -0.2) is 88.0 Å². The van der Waals surface area contributed by atoms with Crippen LogP contribution in [0.15, 0.2) is 23.8 Å². The summed E-state index contributed by atoms with van der Waals surface area (Å²) in [6.07, 6.45) is 2.07. The first kappa shape index (κ1) is 30.1. The van der Waals surface area contributed by atoms with Crippen LogP contribution in [0.2, 0.25) is 0 Å². The zero-order valence-corrected chi connectivity index (χ0v) is 23.9. The Kier molecular flexibility index (Phi) is 8.17. The molecule has 6 atom stereocenters. The number of phenolic OH excluding ortho intramolecular Hbond substituents is 1. The highest BCUT2D eigenvalue weighted by Gasteiger charge is 2.61. The topological polar surface area (TPSA) is 188 Å². The molecule has 13 nitrogen and oxygen atoms in total. The highest BCUT2D eigenvalue weighted by Crippen LogP contribution is 2.58. The molecule has 0 radical (unpaired) electrons. The van der Waals surface area contributed by atoms with E-state index in [-0.39, 0.29) is 74.8 Å². The molecule has 1 saturated carbocycles. The van der Waals surface area contributed by atoms with E-state index < -0.39 is 65.2 Å². The third-order valence-electron chi connectivity index (χ3n) is 9.24. The van der Waals surface area contributed by atoms with Crippen LogP contribution < -0.4 is 9.47 Å². The van der Waals surface area contributed by atoms with Gasteiger partial charge in [-0.05, 0) is 49.3 Å². The molecule has 3 N–H and O–H groups in total. The number of carboxylic acid groups (broad SMARTS) is 2. The zero-order chi connectivity index (χ0) is 31.2. The van der Waals surface area contributed by atoms with Gasteiger partial charge < -0.3 is 24.8 Å². The number of allylic oxidation sites excluding steroid dienone is 2. The van der Waals surface area contributed by atoms with E-state index in [9.17, 15) is 33.9 Å². The summed E-state index contributed by atoms with van der Waals surface area (Å²) in [5.41, 5.74) is 1.26. The van der Waals surface area contributed by atoms with Gasteiger partial charge in [0.15, 0.2) is 11.5 Å². The molecule has 0 spiro atoms. The van der Waals surface area contributed by atoms with Crippen LogP contribution in [-0.2, 0) is 28.8 Å². The average molecular weight is 599 g/mol. The number of hydrogen-bond donors (Lipinski definition) is 3. The molecule has 4 aliphatic rings. The number of likely N-dealkylation sites (tertiary alicyclic amines) is 2. The summed E-state index contributed by atoms with van der Waals surface area (Å²) in [7, 11) is 2.73. The molecule has 2 heterocycles. The number of hydrogen-bond acceptors (Lipinski definition) is 9. The van der Waals surface area contributed by atoms with Crippen molar-refractivity contribution in [3.05, 3.63) is 29.3 Å². The van der Waals surface area contributed by atoms with Crippen molar-refractivity contribution in [2.75, 3.05) is 27.3 Å². The normalized spacial score (nSPS) is 27.9. The van der Waals surface area contributed by atoms with Crippen LogP contribution in [0.5, 0.6) is 17.2 Å². The van der Waals surface area contributed by atoms with Gasteiger partial charge in [-0.3, -0.25) is 38.6 Å². The van der Waals surface area contributed by atoms with Gasteiger partial charge in [0.05, 0.1) is 37.9 Å². The molecule has 13 heteroatoms. The van der Waals surface area contributed by atoms with Crippen LogP contribution in [0.4, 0.5) is 0 Å². The molecule has 0 aromatic heterocycles. The number of amides is 4. The van der Waals surface area contributed by atoms with Crippen LogP contribution in [0.3, 0.4) is 0 Å². The summed E-state index contributed by atoms with van der Waals surface area (Å²) in [6.45, 7) is -0.0773. The Hall–Kier alpha value is -4.42. The molecule has 2 aliphatic heterocycles. The number of benzene rings is 1. The molecule has 1 aromatic carbocycles. The van der Waals surface area contributed by atoms with Gasteiger partial charge in [0.2, 0.25) is 29.4 Å². The minimum absolute atomic E-state index is 0.0182. The molecular formula is C30H34N2O11. The van der Waals surface area contributed by atoms with E-state index in [0.29, 0.717) is 5.56 Å². The molecule has 43 heavy (non-hydrogen) atoms. The van der Waals surface area contributed by atoms with Gasteiger partial charge in [-0.25, -0.2) is 0 Å². The summed E-state index contributed by atoms with van der Waals surface area (Å²) < 4.78 is 10.7. The molecule has 3 fully saturated rings. The predicted molar refractivity (Wildman–Crippen MR) is 146 cm³/mol. The number of rotatable bonds is 11. The molecule has 1 aromatic rings. The third kappa shape index (κ3) is 5.10. The number of carbonyl (C=O) groups is 6. The van der Waals surface area contributed by atoms with E-state index >= 15 is 0 Å². The second kappa shape index (κ2) is 11.7. The van der Waals surface area contributed by atoms with E-state index in [1.807, 2.05) is 6.08 Å². The van der Waals surface area contributed by atoms with Crippen LogP contribution >= 0.6 is 0 Å². The second-order valence-corrected chi connectivity index (χ2v) is 11.4. The fourth-order valence-corrected chi connectivity index (χ4v) is 7.40. The summed E-state index contributed by atoms with van der Waals surface area (Å²) in [4.78, 5) is 79.0. The number of aliphatic carboxylic acids is 2. The SMILES string of the molecule is COc1cc(C2C3=CCC4C(=O)N(CCCC(=O)O)C(=O)C4C3CC3C(=O)N(CCCC(=O)O)C(=O)C32)cc(OC)c1O. The van der Waals surface area contributed by atoms with Crippen molar-refractivity contribution in [2.45, 2.75) is 44.4 Å². The smallest absolute Gasteiger partial charge is 0.303 e. The Morgan fingerprint density at radius 1 is 0.791 bits per heavy atom. The summed E-state index contributed by atoms with van der Waals surface area (Å²) in [6, 6.07) is 3.14. The first-order valence-corrected chi connectivity index (χ1v) is 14.3. The van der Waals surface area contributed by atoms with Crippen LogP contribution in [0.25, 0.3) is 0 Å². The van der Waals surface area contributed by atoms with Gasteiger partial charge in [-0.15, -0.1) is 0 Å². The molecule has 230 valence electrons. The number of nitrogens with zero attached hydrogens (tertiary/aromatic N) is 2. The van der Waals surface area contributed by atoms with E-state index in [1.165, 1.54) is 14.2 Å². The molecule has 5 rings (SSSR count). The van der Waals surface area contributed by atoms with Crippen molar-refractivity contribution >= 4 is 35.6 Å².